The van der Waals surface area contributed by atoms with E-state index in [0.717, 1.165) is 17.3 Å². The third-order valence-electron chi connectivity index (χ3n) is 3.71. The fourth-order valence-corrected chi connectivity index (χ4v) is 2.75. The highest BCUT2D eigenvalue weighted by molar-refractivity contribution is 5.56. The van der Waals surface area contributed by atoms with Gasteiger partial charge in [0, 0.05) is 6.07 Å². The predicted molar refractivity (Wildman–Crippen MR) is 71.1 cm³/mol. The normalized spacial score (nSPS) is 17.8. The van der Waals surface area contributed by atoms with E-state index in [1.807, 2.05) is 22.9 Å². The maximum Gasteiger partial charge on any atom is 0.154 e. The van der Waals surface area contributed by atoms with Gasteiger partial charge < -0.3 is 10.2 Å². The molecule has 0 saturated heterocycles. The molecule has 1 aliphatic carbocycles. The minimum Gasteiger partial charge on any atom is -0.463 e. The van der Waals surface area contributed by atoms with E-state index >= 15 is 0 Å². The molecular weight excluding hydrogens is 226 g/mol. The van der Waals surface area contributed by atoms with Gasteiger partial charge in [0.2, 0.25) is 0 Å². The largest absolute Gasteiger partial charge is 0.463 e. The van der Waals surface area contributed by atoms with Gasteiger partial charge in [-0.2, -0.15) is 5.10 Å². The van der Waals surface area contributed by atoms with Crippen LogP contribution in [-0.4, -0.2) is 9.78 Å². The molecule has 0 radical (unpaired) electrons. The predicted octanol–water partition coefficient (Wildman–Crippen LogP) is 3.62. The molecule has 0 aromatic carbocycles. The van der Waals surface area contributed by atoms with E-state index in [9.17, 15) is 0 Å². The Morgan fingerprint density at radius 2 is 2.00 bits per heavy atom. The second-order valence-electron chi connectivity index (χ2n) is 5.02. The second kappa shape index (κ2) is 4.88. The minimum absolute atomic E-state index is 0.455. The summed E-state index contributed by atoms with van der Waals surface area (Å²) in [6.45, 7) is 0. The van der Waals surface area contributed by atoms with Gasteiger partial charge in [0.15, 0.2) is 5.76 Å². The van der Waals surface area contributed by atoms with Crippen LogP contribution >= 0.6 is 0 Å². The van der Waals surface area contributed by atoms with Crippen molar-refractivity contribution in [3.05, 3.63) is 24.5 Å². The van der Waals surface area contributed by atoms with Gasteiger partial charge in [-0.1, -0.05) is 25.7 Å². The van der Waals surface area contributed by atoms with Gasteiger partial charge in [-0.25, -0.2) is 4.68 Å². The fourth-order valence-electron chi connectivity index (χ4n) is 2.75. The SMILES string of the molecule is Nc1cc(-c2ccco2)nn1C1CCCCCC1. The van der Waals surface area contributed by atoms with Crippen molar-refractivity contribution in [1.29, 1.82) is 0 Å². The Bertz CT molecular complexity index is 493. The maximum absolute atomic E-state index is 6.09. The van der Waals surface area contributed by atoms with Crippen molar-refractivity contribution in [2.45, 2.75) is 44.6 Å². The van der Waals surface area contributed by atoms with E-state index in [-0.39, 0.29) is 0 Å². The Labute approximate surface area is 107 Å². The van der Waals surface area contributed by atoms with E-state index in [0.29, 0.717) is 6.04 Å². The lowest BCUT2D eigenvalue weighted by molar-refractivity contribution is 0.411. The van der Waals surface area contributed by atoms with Crippen molar-refractivity contribution in [2.75, 3.05) is 5.73 Å². The highest BCUT2D eigenvalue weighted by Crippen LogP contribution is 2.30. The lowest BCUT2D eigenvalue weighted by Crippen LogP contribution is -2.12. The molecule has 18 heavy (non-hydrogen) atoms. The zero-order valence-corrected chi connectivity index (χ0v) is 10.5. The van der Waals surface area contributed by atoms with Gasteiger partial charge in [-0.05, 0) is 25.0 Å². The van der Waals surface area contributed by atoms with Crippen molar-refractivity contribution in [3.8, 4) is 11.5 Å². The van der Waals surface area contributed by atoms with Crippen molar-refractivity contribution < 1.29 is 4.42 Å². The minimum atomic E-state index is 0.455. The first-order valence-corrected chi connectivity index (χ1v) is 6.73. The summed E-state index contributed by atoms with van der Waals surface area (Å²) in [6.07, 6.45) is 9.26. The first kappa shape index (κ1) is 11.4. The van der Waals surface area contributed by atoms with Gasteiger partial charge in [0.1, 0.15) is 11.5 Å². The van der Waals surface area contributed by atoms with Crippen molar-refractivity contribution in [2.24, 2.45) is 0 Å². The summed E-state index contributed by atoms with van der Waals surface area (Å²) in [5.41, 5.74) is 6.92. The van der Waals surface area contributed by atoms with Crippen LogP contribution in [0.25, 0.3) is 11.5 Å². The number of anilines is 1. The van der Waals surface area contributed by atoms with Crippen LogP contribution in [-0.2, 0) is 0 Å². The van der Waals surface area contributed by atoms with Crippen LogP contribution in [0.5, 0.6) is 0 Å². The average molecular weight is 245 g/mol. The summed E-state index contributed by atoms with van der Waals surface area (Å²) in [6, 6.07) is 6.15. The maximum atomic E-state index is 6.09. The van der Waals surface area contributed by atoms with Crippen LogP contribution in [0.15, 0.2) is 28.9 Å². The van der Waals surface area contributed by atoms with E-state index in [1.165, 1.54) is 38.5 Å². The zero-order chi connectivity index (χ0) is 12.4. The number of hydrogen-bond acceptors (Lipinski definition) is 3. The molecule has 1 saturated carbocycles. The number of nitrogens with two attached hydrogens (primary N) is 1. The number of aromatic nitrogens is 2. The van der Waals surface area contributed by atoms with E-state index in [1.54, 1.807) is 6.26 Å². The molecular formula is C14H19N3O. The van der Waals surface area contributed by atoms with Crippen molar-refractivity contribution in [1.82, 2.24) is 9.78 Å². The summed E-state index contributed by atoms with van der Waals surface area (Å²) in [7, 11) is 0. The Kier molecular flexibility index (Phi) is 3.09. The summed E-state index contributed by atoms with van der Waals surface area (Å²) in [4.78, 5) is 0. The molecule has 2 aromatic rings. The van der Waals surface area contributed by atoms with Gasteiger partial charge in [-0.3, -0.25) is 0 Å². The summed E-state index contributed by atoms with van der Waals surface area (Å²) in [5.74, 6) is 1.53. The van der Waals surface area contributed by atoms with Gasteiger partial charge in [0.05, 0.1) is 12.3 Å². The molecule has 4 nitrogen and oxygen atoms in total. The van der Waals surface area contributed by atoms with Crippen molar-refractivity contribution >= 4 is 5.82 Å². The molecule has 3 rings (SSSR count). The molecule has 0 bridgehead atoms. The standard InChI is InChI=1S/C14H19N3O/c15-14-10-12(13-8-5-9-18-13)16-17(14)11-6-3-1-2-4-7-11/h5,8-11H,1-4,6-7,15H2. The lowest BCUT2D eigenvalue weighted by Gasteiger charge is -2.15. The third-order valence-corrected chi connectivity index (χ3v) is 3.71. The van der Waals surface area contributed by atoms with Crippen molar-refractivity contribution in [3.63, 3.8) is 0 Å². The molecule has 96 valence electrons. The average Bonchev–Trinajstić information content (AvgIpc) is 2.93. The molecule has 0 aliphatic heterocycles. The van der Waals surface area contributed by atoms with Crippen LogP contribution in [0, 0.1) is 0 Å². The van der Waals surface area contributed by atoms with Crippen LogP contribution in [0.4, 0.5) is 5.82 Å². The lowest BCUT2D eigenvalue weighted by atomic mass is 10.1. The molecule has 4 heteroatoms. The van der Waals surface area contributed by atoms with E-state index in [2.05, 4.69) is 5.10 Å². The molecule has 0 spiro atoms. The zero-order valence-electron chi connectivity index (χ0n) is 10.5. The molecule has 0 unspecified atom stereocenters. The monoisotopic (exact) mass is 245 g/mol. The molecule has 0 atom stereocenters. The number of hydrogen-bond donors (Lipinski definition) is 1. The molecule has 0 amide bonds. The molecule has 2 N–H and O–H groups in total. The van der Waals surface area contributed by atoms with E-state index < -0.39 is 0 Å². The van der Waals surface area contributed by atoms with Gasteiger partial charge in [-0.15, -0.1) is 0 Å². The smallest absolute Gasteiger partial charge is 0.154 e. The first-order valence-electron chi connectivity index (χ1n) is 6.73. The Hall–Kier alpha value is -1.71. The van der Waals surface area contributed by atoms with Gasteiger partial charge >= 0.3 is 0 Å². The summed E-state index contributed by atoms with van der Waals surface area (Å²) in [5, 5.41) is 4.62. The molecule has 1 aliphatic rings. The fraction of sp³-hybridized carbons (Fsp3) is 0.500. The highest BCUT2D eigenvalue weighted by Gasteiger charge is 2.18. The van der Waals surface area contributed by atoms with Crippen LogP contribution < -0.4 is 5.73 Å². The van der Waals surface area contributed by atoms with Gasteiger partial charge in [0.25, 0.3) is 0 Å². The number of nitrogens with zero attached hydrogens (tertiary/aromatic N) is 2. The summed E-state index contributed by atoms with van der Waals surface area (Å²) >= 11 is 0. The van der Waals surface area contributed by atoms with Crippen LogP contribution in [0.3, 0.4) is 0 Å². The third kappa shape index (κ3) is 2.15. The number of rotatable bonds is 2. The number of furan rings is 1. The molecule has 2 aromatic heterocycles. The Balaban J connectivity index is 1.88. The highest BCUT2D eigenvalue weighted by atomic mass is 16.3. The second-order valence-corrected chi connectivity index (χ2v) is 5.02. The van der Waals surface area contributed by atoms with Crippen LogP contribution in [0.1, 0.15) is 44.6 Å². The Morgan fingerprint density at radius 1 is 1.22 bits per heavy atom. The topological polar surface area (TPSA) is 57.0 Å². The van der Waals surface area contributed by atoms with Crippen LogP contribution in [0.2, 0.25) is 0 Å². The number of nitrogen functional groups attached to an aromatic ring is 1. The van der Waals surface area contributed by atoms with E-state index in [4.69, 9.17) is 10.2 Å². The quantitative estimate of drug-likeness (QED) is 0.822. The Morgan fingerprint density at radius 3 is 2.67 bits per heavy atom. The first-order chi connectivity index (χ1) is 8.84. The summed E-state index contributed by atoms with van der Waals surface area (Å²) < 4.78 is 7.36. The molecule has 1 fully saturated rings. The molecule has 2 heterocycles.